The topological polar surface area (TPSA) is 29.5 Å². The minimum absolute atomic E-state index is 0.133. The molecule has 2 nitrogen and oxygen atoms in total. The highest BCUT2D eigenvalue weighted by Gasteiger charge is 2.10. The van der Waals surface area contributed by atoms with Crippen molar-refractivity contribution < 1.29 is 9.84 Å². The van der Waals surface area contributed by atoms with Gasteiger partial charge in [-0.15, -0.1) is 0 Å². The maximum absolute atomic E-state index is 8.55. The molecule has 2 unspecified atom stereocenters. The normalized spacial score (nSPS) is 15.9. The molecule has 0 amide bonds. The third-order valence-electron chi connectivity index (χ3n) is 2.32. The van der Waals surface area contributed by atoms with Gasteiger partial charge >= 0.3 is 0 Å². The Morgan fingerprint density at radius 2 is 1.64 bits per heavy atom. The standard InChI is InChI=1S/C12H26O2/c1-10(2)7-11(3)8-12(4)9-14-6-5-13/h10-13H,5-9H2,1-4H3. The van der Waals surface area contributed by atoms with Crippen molar-refractivity contribution in [2.45, 2.75) is 40.5 Å². The van der Waals surface area contributed by atoms with E-state index in [-0.39, 0.29) is 6.61 Å². The van der Waals surface area contributed by atoms with Gasteiger partial charge in [0.1, 0.15) is 0 Å². The van der Waals surface area contributed by atoms with Crippen LogP contribution in [0, 0.1) is 17.8 Å². The van der Waals surface area contributed by atoms with Crippen molar-refractivity contribution in [2.24, 2.45) is 17.8 Å². The van der Waals surface area contributed by atoms with Gasteiger partial charge in [0.25, 0.3) is 0 Å². The summed E-state index contributed by atoms with van der Waals surface area (Å²) < 4.78 is 5.30. The zero-order chi connectivity index (χ0) is 11.0. The summed E-state index contributed by atoms with van der Waals surface area (Å²) in [6, 6.07) is 0. The highest BCUT2D eigenvalue weighted by atomic mass is 16.5. The lowest BCUT2D eigenvalue weighted by Gasteiger charge is -2.18. The fraction of sp³-hybridized carbons (Fsp3) is 1.00. The van der Waals surface area contributed by atoms with Crippen molar-refractivity contribution in [3.05, 3.63) is 0 Å². The number of ether oxygens (including phenoxy) is 1. The van der Waals surface area contributed by atoms with Crippen LogP contribution in [0.25, 0.3) is 0 Å². The Labute approximate surface area is 88.7 Å². The van der Waals surface area contributed by atoms with Gasteiger partial charge in [-0.3, -0.25) is 0 Å². The molecule has 0 fully saturated rings. The molecule has 0 saturated heterocycles. The Kier molecular flexibility index (Phi) is 8.20. The van der Waals surface area contributed by atoms with Crippen molar-refractivity contribution in [1.82, 2.24) is 0 Å². The second-order valence-electron chi connectivity index (χ2n) is 4.87. The Hall–Kier alpha value is -0.0800. The Morgan fingerprint density at radius 1 is 1.00 bits per heavy atom. The van der Waals surface area contributed by atoms with Crippen LogP contribution >= 0.6 is 0 Å². The van der Waals surface area contributed by atoms with Crippen molar-refractivity contribution >= 4 is 0 Å². The molecule has 1 N–H and O–H groups in total. The monoisotopic (exact) mass is 202 g/mol. The van der Waals surface area contributed by atoms with E-state index in [1.165, 1.54) is 12.8 Å². The van der Waals surface area contributed by atoms with Gasteiger partial charge in [0.15, 0.2) is 0 Å². The quantitative estimate of drug-likeness (QED) is 0.613. The maximum atomic E-state index is 8.55. The lowest BCUT2D eigenvalue weighted by molar-refractivity contribution is 0.0655. The zero-order valence-corrected chi connectivity index (χ0v) is 10.1. The Bertz CT molecular complexity index is 123. The minimum Gasteiger partial charge on any atom is -0.394 e. The smallest absolute Gasteiger partial charge is 0.0697 e. The van der Waals surface area contributed by atoms with E-state index in [1.54, 1.807) is 0 Å². The molecule has 0 aromatic carbocycles. The molecule has 0 heterocycles. The fourth-order valence-corrected chi connectivity index (χ4v) is 2.00. The first-order chi connectivity index (χ1) is 6.56. The van der Waals surface area contributed by atoms with Crippen LogP contribution in [0.3, 0.4) is 0 Å². The summed E-state index contributed by atoms with van der Waals surface area (Å²) >= 11 is 0. The summed E-state index contributed by atoms with van der Waals surface area (Å²) in [6.07, 6.45) is 2.52. The maximum Gasteiger partial charge on any atom is 0.0697 e. The van der Waals surface area contributed by atoms with Crippen molar-refractivity contribution in [2.75, 3.05) is 19.8 Å². The minimum atomic E-state index is 0.133. The van der Waals surface area contributed by atoms with E-state index in [9.17, 15) is 0 Å². The molecule has 14 heavy (non-hydrogen) atoms. The average molecular weight is 202 g/mol. The largest absolute Gasteiger partial charge is 0.394 e. The van der Waals surface area contributed by atoms with E-state index >= 15 is 0 Å². The van der Waals surface area contributed by atoms with Gasteiger partial charge in [0.2, 0.25) is 0 Å². The second-order valence-corrected chi connectivity index (χ2v) is 4.87. The van der Waals surface area contributed by atoms with Crippen LogP contribution in [-0.2, 0) is 4.74 Å². The number of aliphatic hydroxyl groups is 1. The molecule has 2 heteroatoms. The third-order valence-corrected chi connectivity index (χ3v) is 2.32. The van der Waals surface area contributed by atoms with Gasteiger partial charge in [0.05, 0.1) is 13.2 Å². The highest BCUT2D eigenvalue weighted by molar-refractivity contribution is 4.61. The molecular formula is C12H26O2. The predicted octanol–water partition coefficient (Wildman–Crippen LogP) is 2.70. The molecule has 0 aliphatic carbocycles. The van der Waals surface area contributed by atoms with Gasteiger partial charge < -0.3 is 9.84 Å². The molecule has 0 bridgehead atoms. The van der Waals surface area contributed by atoms with Gasteiger partial charge in [-0.05, 0) is 30.6 Å². The number of aliphatic hydroxyl groups excluding tert-OH is 1. The SMILES string of the molecule is CC(C)CC(C)CC(C)COCCO. The first-order valence-corrected chi connectivity index (χ1v) is 5.74. The van der Waals surface area contributed by atoms with Crippen molar-refractivity contribution in [1.29, 1.82) is 0 Å². The lowest BCUT2D eigenvalue weighted by atomic mass is 9.91. The molecular weight excluding hydrogens is 176 g/mol. The Balaban J connectivity index is 3.44. The summed E-state index contributed by atoms with van der Waals surface area (Å²) in [5, 5.41) is 8.55. The average Bonchev–Trinajstić information content (AvgIpc) is 2.02. The lowest BCUT2D eigenvalue weighted by Crippen LogP contribution is -2.13. The van der Waals surface area contributed by atoms with E-state index in [0.717, 1.165) is 18.4 Å². The van der Waals surface area contributed by atoms with Crippen LogP contribution in [0.5, 0.6) is 0 Å². The van der Waals surface area contributed by atoms with E-state index in [0.29, 0.717) is 12.5 Å². The van der Waals surface area contributed by atoms with E-state index in [1.807, 2.05) is 0 Å². The van der Waals surface area contributed by atoms with E-state index in [4.69, 9.17) is 9.84 Å². The molecule has 86 valence electrons. The van der Waals surface area contributed by atoms with Gasteiger partial charge in [-0.25, -0.2) is 0 Å². The molecule has 0 aromatic rings. The van der Waals surface area contributed by atoms with Crippen LogP contribution in [-0.4, -0.2) is 24.9 Å². The first-order valence-electron chi connectivity index (χ1n) is 5.74. The molecule has 0 saturated carbocycles. The van der Waals surface area contributed by atoms with Gasteiger partial charge in [0, 0.05) is 6.61 Å². The summed E-state index contributed by atoms with van der Waals surface area (Å²) in [7, 11) is 0. The number of rotatable bonds is 8. The fourth-order valence-electron chi connectivity index (χ4n) is 2.00. The van der Waals surface area contributed by atoms with Crippen LogP contribution < -0.4 is 0 Å². The van der Waals surface area contributed by atoms with Crippen molar-refractivity contribution in [3.63, 3.8) is 0 Å². The molecule has 0 spiro atoms. The summed E-state index contributed by atoms with van der Waals surface area (Å²) in [4.78, 5) is 0. The van der Waals surface area contributed by atoms with Crippen LogP contribution in [0.4, 0.5) is 0 Å². The number of hydrogen-bond acceptors (Lipinski definition) is 2. The molecule has 2 atom stereocenters. The van der Waals surface area contributed by atoms with E-state index in [2.05, 4.69) is 27.7 Å². The van der Waals surface area contributed by atoms with Crippen LogP contribution in [0.2, 0.25) is 0 Å². The predicted molar refractivity (Wildman–Crippen MR) is 60.3 cm³/mol. The van der Waals surface area contributed by atoms with Crippen molar-refractivity contribution in [3.8, 4) is 0 Å². The second kappa shape index (κ2) is 8.25. The van der Waals surface area contributed by atoms with Gasteiger partial charge in [-0.2, -0.15) is 0 Å². The molecule has 0 rings (SSSR count). The third kappa shape index (κ3) is 8.52. The van der Waals surface area contributed by atoms with Crippen LogP contribution in [0.1, 0.15) is 40.5 Å². The van der Waals surface area contributed by atoms with E-state index < -0.39 is 0 Å². The molecule has 0 radical (unpaired) electrons. The molecule has 0 aliphatic rings. The summed E-state index contributed by atoms with van der Waals surface area (Å²) in [5.74, 6) is 2.17. The summed E-state index contributed by atoms with van der Waals surface area (Å²) in [5.41, 5.74) is 0. The highest BCUT2D eigenvalue weighted by Crippen LogP contribution is 2.19. The van der Waals surface area contributed by atoms with Crippen LogP contribution in [0.15, 0.2) is 0 Å². The number of hydrogen-bond donors (Lipinski definition) is 1. The Morgan fingerprint density at radius 3 is 2.14 bits per heavy atom. The molecule has 0 aliphatic heterocycles. The summed E-state index contributed by atoms with van der Waals surface area (Å²) in [6.45, 7) is 10.4. The van der Waals surface area contributed by atoms with Gasteiger partial charge in [-0.1, -0.05) is 27.7 Å². The zero-order valence-electron chi connectivity index (χ0n) is 10.1. The molecule has 0 aromatic heterocycles. The first kappa shape index (κ1) is 13.9.